The Balaban J connectivity index is 0.00000161. The summed E-state index contributed by atoms with van der Waals surface area (Å²) in [5.41, 5.74) is 6.88. The molecule has 1 atom stereocenters. The summed E-state index contributed by atoms with van der Waals surface area (Å²) >= 11 is 0. The number of nitrogens with zero attached hydrogens (tertiary/aromatic N) is 1. The maximum atomic E-state index is 13.0. The van der Waals surface area contributed by atoms with Crippen molar-refractivity contribution in [2.45, 2.75) is 50.1 Å². The fourth-order valence-electron chi connectivity index (χ4n) is 3.76. The number of benzene rings is 1. The molecule has 0 unspecified atom stereocenters. The fourth-order valence-corrected chi connectivity index (χ4v) is 3.76. The Kier molecular flexibility index (Phi) is 5.47. The SMILES string of the molecule is Cl.N[C@@H]1CCN(C2CCC(c3ccc(F)cc3O)CC2)C1. The van der Waals surface area contributed by atoms with Gasteiger partial charge in [0.1, 0.15) is 11.6 Å². The van der Waals surface area contributed by atoms with Crippen molar-refractivity contribution in [2.24, 2.45) is 5.73 Å². The molecule has 1 saturated heterocycles. The zero-order chi connectivity index (χ0) is 14.1. The summed E-state index contributed by atoms with van der Waals surface area (Å²) in [4.78, 5) is 2.52. The Bertz CT molecular complexity index is 477. The molecule has 2 aliphatic rings. The van der Waals surface area contributed by atoms with E-state index in [9.17, 15) is 9.50 Å². The maximum absolute atomic E-state index is 13.0. The molecule has 21 heavy (non-hydrogen) atoms. The highest BCUT2D eigenvalue weighted by Gasteiger charge is 2.31. The van der Waals surface area contributed by atoms with Gasteiger partial charge in [-0.1, -0.05) is 6.07 Å². The number of hydrogen-bond donors (Lipinski definition) is 2. The first-order valence-electron chi connectivity index (χ1n) is 7.61. The molecule has 1 saturated carbocycles. The quantitative estimate of drug-likeness (QED) is 0.882. The summed E-state index contributed by atoms with van der Waals surface area (Å²) in [6.07, 6.45) is 5.53. The second-order valence-electron chi connectivity index (χ2n) is 6.25. The van der Waals surface area contributed by atoms with Crippen molar-refractivity contribution >= 4 is 12.4 Å². The number of phenols is 1. The molecule has 1 aliphatic heterocycles. The van der Waals surface area contributed by atoms with E-state index < -0.39 is 0 Å². The summed E-state index contributed by atoms with van der Waals surface area (Å²) in [5.74, 6) is 0.103. The van der Waals surface area contributed by atoms with Crippen molar-refractivity contribution in [3.8, 4) is 5.75 Å². The molecule has 3 nitrogen and oxygen atoms in total. The minimum Gasteiger partial charge on any atom is -0.508 e. The second-order valence-corrected chi connectivity index (χ2v) is 6.25. The van der Waals surface area contributed by atoms with Crippen LogP contribution in [0.1, 0.15) is 43.6 Å². The minimum atomic E-state index is -0.369. The number of halogens is 2. The van der Waals surface area contributed by atoms with Crippen LogP contribution in [0.5, 0.6) is 5.75 Å². The molecule has 118 valence electrons. The molecule has 1 aliphatic carbocycles. The van der Waals surface area contributed by atoms with Gasteiger partial charge in [-0.15, -0.1) is 12.4 Å². The van der Waals surface area contributed by atoms with Crippen LogP contribution in [0.2, 0.25) is 0 Å². The molecule has 0 bridgehead atoms. The van der Waals surface area contributed by atoms with E-state index in [1.54, 1.807) is 6.07 Å². The van der Waals surface area contributed by atoms with Crippen molar-refractivity contribution < 1.29 is 9.50 Å². The topological polar surface area (TPSA) is 49.5 Å². The molecular formula is C16H24ClFN2O. The van der Waals surface area contributed by atoms with Crippen molar-refractivity contribution in [2.75, 3.05) is 13.1 Å². The van der Waals surface area contributed by atoms with E-state index in [4.69, 9.17) is 5.73 Å². The first-order valence-corrected chi connectivity index (χ1v) is 7.61. The Morgan fingerprint density at radius 3 is 2.43 bits per heavy atom. The lowest BCUT2D eigenvalue weighted by molar-refractivity contribution is 0.179. The summed E-state index contributed by atoms with van der Waals surface area (Å²) < 4.78 is 13.0. The highest BCUT2D eigenvalue weighted by molar-refractivity contribution is 5.85. The van der Waals surface area contributed by atoms with Crippen molar-refractivity contribution in [3.05, 3.63) is 29.6 Å². The fraction of sp³-hybridized carbons (Fsp3) is 0.625. The average molecular weight is 315 g/mol. The van der Waals surface area contributed by atoms with Gasteiger partial charge in [0.15, 0.2) is 0 Å². The van der Waals surface area contributed by atoms with Gasteiger partial charge < -0.3 is 10.8 Å². The highest BCUT2D eigenvalue weighted by atomic mass is 35.5. The first kappa shape index (κ1) is 16.5. The largest absolute Gasteiger partial charge is 0.508 e. The van der Waals surface area contributed by atoms with Crippen LogP contribution < -0.4 is 5.73 Å². The lowest BCUT2D eigenvalue weighted by Crippen LogP contribution is -2.37. The van der Waals surface area contributed by atoms with Crippen LogP contribution in [0, 0.1) is 5.82 Å². The first-order chi connectivity index (χ1) is 9.63. The summed E-state index contributed by atoms with van der Waals surface area (Å²) in [6, 6.07) is 5.39. The zero-order valence-electron chi connectivity index (χ0n) is 12.2. The van der Waals surface area contributed by atoms with Crippen molar-refractivity contribution in [1.29, 1.82) is 0 Å². The molecule has 0 amide bonds. The second kappa shape index (κ2) is 6.95. The molecular weight excluding hydrogens is 291 g/mol. The Labute approximate surface area is 131 Å². The van der Waals surface area contributed by atoms with Crippen LogP contribution >= 0.6 is 12.4 Å². The monoisotopic (exact) mass is 314 g/mol. The van der Waals surface area contributed by atoms with E-state index in [0.717, 1.165) is 50.8 Å². The van der Waals surface area contributed by atoms with E-state index in [-0.39, 0.29) is 24.0 Å². The third-order valence-corrected chi connectivity index (χ3v) is 4.90. The number of likely N-dealkylation sites (tertiary alicyclic amines) is 1. The van der Waals surface area contributed by atoms with Crippen molar-refractivity contribution in [1.82, 2.24) is 4.90 Å². The molecule has 1 aromatic rings. The maximum Gasteiger partial charge on any atom is 0.126 e. The molecule has 0 aromatic heterocycles. The highest BCUT2D eigenvalue weighted by Crippen LogP contribution is 2.39. The van der Waals surface area contributed by atoms with E-state index in [0.29, 0.717) is 18.0 Å². The summed E-state index contributed by atoms with van der Waals surface area (Å²) in [7, 11) is 0. The van der Waals surface area contributed by atoms with Gasteiger partial charge in [0.2, 0.25) is 0 Å². The Hall–Kier alpha value is -0.840. The van der Waals surface area contributed by atoms with Gasteiger partial charge in [0.05, 0.1) is 0 Å². The van der Waals surface area contributed by atoms with Crippen LogP contribution in [-0.4, -0.2) is 35.2 Å². The van der Waals surface area contributed by atoms with Gasteiger partial charge in [-0.2, -0.15) is 0 Å². The number of hydrogen-bond acceptors (Lipinski definition) is 3. The van der Waals surface area contributed by atoms with Gasteiger partial charge in [-0.05, 0) is 49.7 Å². The predicted octanol–water partition coefficient (Wildman–Crippen LogP) is 3.01. The minimum absolute atomic E-state index is 0. The van der Waals surface area contributed by atoms with E-state index >= 15 is 0 Å². The lowest BCUT2D eigenvalue weighted by Gasteiger charge is -2.35. The van der Waals surface area contributed by atoms with Crippen LogP contribution in [0.4, 0.5) is 4.39 Å². The molecule has 5 heteroatoms. The van der Waals surface area contributed by atoms with E-state index in [2.05, 4.69) is 4.90 Å². The predicted molar refractivity (Wildman–Crippen MR) is 84.5 cm³/mol. The molecule has 0 spiro atoms. The third kappa shape index (κ3) is 3.68. The zero-order valence-corrected chi connectivity index (χ0v) is 13.0. The lowest BCUT2D eigenvalue weighted by atomic mass is 9.81. The van der Waals surface area contributed by atoms with Gasteiger partial charge >= 0.3 is 0 Å². The molecule has 2 fully saturated rings. The van der Waals surface area contributed by atoms with E-state index in [1.165, 1.54) is 12.1 Å². The third-order valence-electron chi connectivity index (χ3n) is 4.90. The summed E-state index contributed by atoms with van der Waals surface area (Å²) in [5, 5.41) is 9.89. The van der Waals surface area contributed by atoms with Gasteiger partial charge in [0.25, 0.3) is 0 Å². The number of nitrogens with two attached hydrogens (primary N) is 1. The average Bonchev–Trinajstić information content (AvgIpc) is 2.86. The van der Waals surface area contributed by atoms with Crippen LogP contribution in [0.15, 0.2) is 18.2 Å². The van der Waals surface area contributed by atoms with Crippen LogP contribution in [-0.2, 0) is 0 Å². The molecule has 1 heterocycles. The summed E-state index contributed by atoms with van der Waals surface area (Å²) in [6.45, 7) is 2.15. The van der Waals surface area contributed by atoms with Gasteiger partial charge in [0, 0.05) is 31.2 Å². The Morgan fingerprint density at radius 1 is 1.14 bits per heavy atom. The number of phenolic OH excluding ortho intramolecular Hbond substituents is 1. The smallest absolute Gasteiger partial charge is 0.126 e. The van der Waals surface area contributed by atoms with Gasteiger partial charge in [-0.3, -0.25) is 4.90 Å². The molecule has 3 N–H and O–H groups in total. The van der Waals surface area contributed by atoms with Crippen LogP contribution in [0.25, 0.3) is 0 Å². The number of aromatic hydroxyl groups is 1. The standard InChI is InChI=1S/C16H23FN2O.ClH/c17-12-3-6-15(16(20)9-12)11-1-4-14(5-2-11)19-8-7-13(18)10-19;/h3,6,9,11,13-14,20H,1-2,4-5,7-8,10,18H2;1H/t11?,13-,14?;/m1./s1. The molecule has 1 aromatic carbocycles. The van der Waals surface area contributed by atoms with Gasteiger partial charge in [-0.25, -0.2) is 4.39 Å². The van der Waals surface area contributed by atoms with Crippen LogP contribution in [0.3, 0.4) is 0 Å². The Morgan fingerprint density at radius 2 is 1.86 bits per heavy atom. The van der Waals surface area contributed by atoms with E-state index in [1.807, 2.05) is 0 Å². The molecule has 0 radical (unpaired) electrons. The number of rotatable bonds is 2. The molecule has 3 rings (SSSR count). The normalized spacial score (nSPS) is 30.1. The van der Waals surface area contributed by atoms with Crippen molar-refractivity contribution in [3.63, 3.8) is 0 Å².